The van der Waals surface area contributed by atoms with Crippen molar-refractivity contribution in [3.63, 3.8) is 0 Å². The Kier molecular flexibility index (Phi) is 3.50. The molecule has 0 aliphatic rings. The topological polar surface area (TPSA) is 56.7 Å². The van der Waals surface area contributed by atoms with Crippen LogP contribution in [-0.4, -0.2) is 20.8 Å². The maximum absolute atomic E-state index is 5.73. The molecule has 1 atom stereocenters. The molecule has 0 aliphatic carbocycles. The molecule has 0 aromatic carbocycles. The van der Waals surface area contributed by atoms with Gasteiger partial charge in [0, 0.05) is 24.9 Å². The minimum atomic E-state index is 0.0182. The quantitative estimate of drug-likeness (QED) is 0.820. The van der Waals surface area contributed by atoms with Crippen LogP contribution in [0.5, 0.6) is 0 Å². The van der Waals surface area contributed by atoms with Gasteiger partial charge in [-0.05, 0) is 13.3 Å². The van der Waals surface area contributed by atoms with Gasteiger partial charge in [0.1, 0.15) is 5.82 Å². The SMILES string of the molecule is CC(N)CCc1nc(C(C)(C)C)nn1C. The zero-order valence-electron chi connectivity index (χ0n) is 10.4. The van der Waals surface area contributed by atoms with Crippen molar-refractivity contribution >= 4 is 0 Å². The Morgan fingerprint density at radius 2 is 2.00 bits per heavy atom. The molecule has 0 aliphatic heterocycles. The fraction of sp³-hybridized carbons (Fsp3) is 0.818. The first kappa shape index (κ1) is 12.2. The van der Waals surface area contributed by atoms with Crippen molar-refractivity contribution in [3.05, 3.63) is 11.6 Å². The van der Waals surface area contributed by atoms with E-state index in [1.807, 2.05) is 18.7 Å². The fourth-order valence-electron chi connectivity index (χ4n) is 1.31. The van der Waals surface area contributed by atoms with E-state index in [0.29, 0.717) is 0 Å². The minimum absolute atomic E-state index is 0.0182. The summed E-state index contributed by atoms with van der Waals surface area (Å²) in [5.74, 6) is 1.93. The smallest absolute Gasteiger partial charge is 0.156 e. The molecule has 1 rings (SSSR count). The molecule has 1 aromatic rings. The molecule has 1 unspecified atom stereocenters. The fourth-order valence-corrected chi connectivity index (χ4v) is 1.31. The second-order valence-corrected chi connectivity index (χ2v) is 5.24. The number of nitrogens with zero attached hydrogens (tertiary/aromatic N) is 3. The highest BCUT2D eigenvalue weighted by Gasteiger charge is 2.20. The van der Waals surface area contributed by atoms with E-state index < -0.39 is 0 Å². The van der Waals surface area contributed by atoms with Crippen molar-refractivity contribution in [2.75, 3.05) is 0 Å². The molecule has 0 spiro atoms. The van der Waals surface area contributed by atoms with Crippen LogP contribution in [0.25, 0.3) is 0 Å². The number of aromatic nitrogens is 3. The van der Waals surface area contributed by atoms with Gasteiger partial charge in [0.2, 0.25) is 0 Å². The lowest BCUT2D eigenvalue weighted by atomic mass is 9.96. The maximum Gasteiger partial charge on any atom is 0.156 e. The van der Waals surface area contributed by atoms with Crippen molar-refractivity contribution in [3.8, 4) is 0 Å². The summed E-state index contributed by atoms with van der Waals surface area (Å²) in [6.45, 7) is 8.38. The predicted octanol–water partition coefficient (Wildman–Crippen LogP) is 1.39. The van der Waals surface area contributed by atoms with Crippen molar-refractivity contribution in [1.29, 1.82) is 0 Å². The lowest BCUT2D eigenvalue weighted by Crippen LogP contribution is -2.16. The first-order valence-corrected chi connectivity index (χ1v) is 5.46. The number of rotatable bonds is 3. The summed E-state index contributed by atoms with van der Waals surface area (Å²) in [7, 11) is 1.94. The summed E-state index contributed by atoms with van der Waals surface area (Å²) in [6.07, 6.45) is 1.85. The van der Waals surface area contributed by atoms with Crippen LogP contribution in [0, 0.1) is 0 Å². The average Bonchev–Trinajstić information content (AvgIpc) is 2.42. The molecule has 1 heterocycles. The molecule has 0 saturated heterocycles. The molecular weight excluding hydrogens is 188 g/mol. The summed E-state index contributed by atoms with van der Waals surface area (Å²) < 4.78 is 1.86. The van der Waals surface area contributed by atoms with Gasteiger partial charge >= 0.3 is 0 Å². The van der Waals surface area contributed by atoms with Crippen LogP contribution in [0.2, 0.25) is 0 Å². The molecule has 0 fully saturated rings. The van der Waals surface area contributed by atoms with Crippen molar-refractivity contribution < 1.29 is 0 Å². The van der Waals surface area contributed by atoms with E-state index in [4.69, 9.17) is 5.73 Å². The lowest BCUT2D eigenvalue weighted by Gasteiger charge is -2.12. The number of nitrogens with two attached hydrogens (primary N) is 1. The zero-order chi connectivity index (χ0) is 11.6. The molecular formula is C11H22N4. The minimum Gasteiger partial charge on any atom is -0.328 e. The Bertz CT molecular complexity index is 320. The van der Waals surface area contributed by atoms with E-state index in [1.54, 1.807) is 0 Å². The molecule has 1 aromatic heterocycles. The van der Waals surface area contributed by atoms with E-state index in [9.17, 15) is 0 Å². The Balaban J connectivity index is 2.78. The zero-order valence-corrected chi connectivity index (χ0v) is 10.4. The van der Waals surface area contributed by atoms with Gasteiger partial charge in [-0.25, -0.2) is 4.98 Å². The maximum atomic E-state index is 5.73. The summed E-state index contributed by atoms with van der Waals surface area (Å²) in [5, 5.41) is 4.42. The summed E-state index contributed by atoms with van der Waals surface area (Å²) in [6, 6.07) is 0.222. The van der Waals surface area contributed by atoms with Gasteiger partial charge in [-0.3, -0.25) is 4.68 Å². The van der Waals surface area contributed by atoms with E-state index in [2.05, 4.69) is 30.9 Å². The summed E-state index contributed by atoms with van der Waals surface area (Å²) in [4.78, 5) is 4.55. The van der Waals surface area contributed by atoms with E-state index in [0.717, 1.165) is 24.5 Å². The lowest BCUT2D eigenvalue weighted by molar-refractivity contribution is 0.538. The molecule has 2 N–H and O–H groups in total. The predicted molar refractivity (Wildman–Crippen MR) is 61.7 cm³/mol. The third kappa shape index (κ3) is 3.30. The molecule has 0 radical (unpaired) electrons. The second kappa shape index (κ2) is 4.31. The Morgan fingerprint density at radius 1 is 1.40 bits per heavy atom. The Hall–Kier alpha value is -0.900. The highest BCUT2D eigenvalue weighted by Crippen LogP contribution is 2.18. The largest absolute Gasteiger partial charge is 0.328 e. The standard InChI is InChI=1S/C11H22N4/c1-8(12)6-7-9-13-10(11(2,3)4)14-15(9)5/h8H,6-7,12H2,1-5H3. The average molecular weight is 210 g/mol. The molecule has 15 heavy (non-hydrogen) atoms. The second-order valence-electron chi connectivity index (χ2n) is 5.24. The van der Waals surface area contributed by atoms with Gasteiger partial charge < -0.3 is 5.73 Å². The first-order chi connectivity index (χ1) is 6.80. The van der Waals surface area contributed by atoms with Crippen LogP contribution in [0.15, 0.2) is 0 Å². The molecule has 4 nitrogen and oxygen atoms in total. The number of hydrogen-bond acceptors (Lipinski definition) is 3. The van der Waals surface area contributed by atoms with Crippen LogP contribution in [0.4, 0.5) is 0 Å². The Morgan fingerprint density at radius 3 is 2.40 bits per heavy atom. The molecule has 4 heteroatoms. The normalized spacial score (nSPS) is 14.3. The monoisotopic (exact) mass is 210 g/mol. The third-order valence-corrected chi connectivity index (χ3v) is 2.35. The van der Waals surface area contributed by atoms with Gasteiger partial charge in [-0.15, -0.1) is 0 Å². The summed E-state index contributed by atoms with van der Waals surface area (Å²) in [5.41, 5.74) is 5.74. The van der Waals surface area contributed by atoms with Crippen LogP contribution in [0.3, 0.4) is 0 Å². The van der Waals surface area contributed by atoms with Gasteiger partial charge in [0.15, 0.2) is 5.82 Å². The number of aryl methyl sites for hydroxylation is 2. The van der Waals surface area contributed by atoms with E-state index in [-0.39, 0.29) is 11.5 Å². The van der Waals surface area contributed by atoms with Gasteiger partial charge in [-0.1, -0.05) is 20.8 Å². The Labute approximate surface area is 91.9 Å². The van der Waals surface area contributed by atoms with E-state index in [1.165, 1.54) is 0 Å². The van der Waals surface area contributed by atoms with Crippen molar-refractivity contribution in [1.82, 2.24) is 14.8 Å². The number of hydrogen-bond donors (Lipinski definition) is 1. The van der Waals surface area contributed by atoms with Crippen LogP contribution in [-0.2, 0) is 18.9 Å². The molecule has 0 saturated carbocycles. The van der Waals surface area contributed by atoms with Crippen LogP contribution < -0.4 is 5.73 Å². The van der Waals surface area contributed by atoms with E-state index >= 15 is 0 Å². The molecule has 86 valence electrons. The molecule has 0 bridgehead atoms. The van der Waals surface area contributed by atoms with Gasteiger partial charge in [-0.2, -0.15) is 5.10 Å². The van der Waals surface area contributed by atoms with Crippen molar-refractivity contribution in [2.24, 2.45) is 12.8 Å². The van der Waals surface area contributed by atoms with Gasteiger partial charge in [0.05, 0.1) is 0 Å². The highest BCUT2D eigenvalue weighted by atomic mass is 15.3. The van der Waals surface area contributed by atoms with Crippen molar-refractivity contribution in [2.45, 2.75) is 52.0 Å². The summed E-state index contributed by atoms with van der Waals surface area (Å²) >= 11 is 0. The first-order valence-electron chi connectivity index (χ1n) is 5.46. The van der Waals surface area contributed by atoms with Crippen LogP contribution >= 0.6 is 0 Å². The molecule has 0 amide bonds. The highest BCUT2D eigenvalue weighted by molar-refractivity contribution is 5.03. The van der Waals surface area contributed by atoms with Crippen LogP contribution in [0.1, 0.15) is 45.8 Å². The van der Waals surface area contributed by atoms with Gasteiger partial charge in [0.25, 0.3) is 0 Å². The third-order valence-electron chi connectivity index (χ3n) is 2.35.